The van der Waals surface area contributed by atoms with Gasteiger partial charge in [-0.2, -0.15) is 5.26 Å². The van der Waals surface area contributed by atoms with E-state index in [0.717, 1.165) is 60.3 Å². The first kappa shape index (κ1) is 25.1. The second-order valence-corrected chi connectivity index (χ2v) is 10.1. The van der Waals surface area contributed by atoms with E-state index in [0.29, 0.717) is 30.9 Å². The molecule has 37 heavy (non-hydrogen) atoms. The number of nitrogens with one attached hydrogen (secondary N) is 1. The number of benzene rings is 2. The topological polar surface area (TPSA) is 114 Å². The van der Waals surface area contributed by atoms with Crippen molar-refractivity contribution < 1.29 is 14.4 Å². The molecule has 0 bridgehead atoms. The van der Waals surface area contributed by atoms with Gasteiger partial charge in [0.15, 0.2) is 0 Å². The summed E-state index contributed by atoms with van der Waals surface area (Å²) in [7, 11) is 1.64. The monoisotopic (exact) mass is 501 g/mol. The Labute approximate surface area is 216 Å². The van der Waals surface area contributed by atoms with Crippen LogP contribution in [0, 0.1) is 33.8 Å². The predicted octanol–water partition coefficient (Wildman–Crippen LogP) is 3.75. The molecule has 2 aliphatic heterocycles. The Balaban J connectivity index is 1.26. The first-order chi connectivity index (χ1) is 17.9. The molecule has 3 aromatic rings. The number of methoxy groups -OCH3 is 1. The van der Waals surface area contributed by atoms with Crippen LogP contribution in [0.5, 0.6) is 5.75 Å². The van der Waals surface area contributed by atoms with Crippen molar-refractivity contribution in [3.63, 3.8) is 0 Å². The third-order valence-corrected chi connectivity index (χ3v) is 7.80. The molecule has 0 radical (unpaired) electrons. The number of nitro groups is 1. The van der Waals surface area contributed by atoms with Crippen LogP contribution in [0.3, 0.4) is 0 Å². The van der Waals surface area contributed by atoms with Gasteiger partial charge in [-0.15, -0.1) is 0 Å². The number of nitro benzene ring substituents is 1. The third-order valence-electron chi connectivity index (χ3n) is 7.80. The van der Waals surface area contributed by atoms with Gasteiger partial charge in [0.1, 0.15) is 11.8 Å². The Morgan fingerprint density at radius 2 is 2.16 bits per heavy atom. The number of ether oxygens (including phenoxy) is 2. The first-order valence-corrected chi connectivity index (χ1v) is 12.6. The Bertz CT molecular complexity index is 1360. The van der Waals surface area contributed by atoms with Crippen LogP contribution in [0.2, 0.25) is 0 Å². The van der Waals surface area contributed by atoms with Crippen molar-refractivity contribution in [2.24, 2.45) is 5.41 Å². The predicted molar refractivity (Wildman–Crippen MR) is 139 cm³/mol. The van der Waals surface area contributed by atoms with Gasteiger partial charge in [-0.05, 0) is 55.6 Å². The molecule has 9 nitrogen and oxygen atoms in total. The van der Waals surface area contributed by atoms with Gasteiger partial charge < -0.3 is 19.7 Å². The average Bonchev–Trinajstić information content (AvgIpc) is 2.89. The summed E-state index contributed by atoms with van der Waals surface area (Å²) in [6, 6.07) is 13.8. The number of piperidine rings is 1. The van der Waals surface area contributed by atoms with Crippen LogP contribution in [-0.2, 0) is 17.7 Å². The summed E-state index contributed by atoms with van der Waals surface area (Å²) < 4.78 is 11.1. The van der Waals surface area contributed by atoms with Crippen molar-refractivity contribution >= 4 is 16.6 Å². The summed E-state index contributed by atoms with van der Waals surface area (Å²) in [6.07, 6.45) is 3.38. The molecule has 1 spiro atoms. The zero-order valence-electron chi connectivity index (χ0n) is 21.2. The lowest BCUT2D eigenvalue weighted by atomic mass is 9.73. The van der Waals surface area contributed by atoms with Gasteiger partial charge in [0.25, 0.3) is 5.69 Å². The second kappa shape index (κ2) is 10.4. The molecule has 0 saturated carbocycles. The molecule has 1 aromatic heterocycles. The fraction of sp³-hybridized carbons (Fsp3) is 0.429. The summed E-state index contributed by atoms with van der Waals surface area (Å²) in [6.45, 7) is 6.43. The van der Waals surface area contributed by atoms with Gasteiger partial charge in [0.2, 0.25) is 0 Å². The van der Waals surface area contributed by atoms with Gasteiger partial charge in [-0.1, -0.05) is 12.1 Å². The molecular weight excluding hydrogens is 470 g/mol. The summed E-state index contributed by atoms with van der Waals surface area (Å²) in [5.41, 5.74) is 4.24. The Morgan fingerprint density at radius 3 is 2.86 bits per heavy atom. The molecule has 0 aliphatic carbocycles. The van der Waals surface area contributed by atoms with E-state index in [2.05, 4.69) is 21.3 Å². The Kier molecular flexibility index (Phi) is 7.07. The summed E-state index contributed by atoms with van der Waals surface area (Å²) in [4.78, 5) is 17.9. The van der Waals surface area contributed by atoms with Crippen LogP contribution in [0.25, 0.3) is 10.9 Å². The van der Waals surface area contributed by atoms with Crippen molar-refractivity contribution in [3.05, 3.63) is 75.0 Å². The van der Waals surface area contributed by atoms with Gasteiger partial charge in [0.05, 0.1) is 36.3 Å². The lowest BCUT2D eigenvalue weighted by Gasteiger charge is -2.53. The molecule has 1 unspecified atom stereocenters. The molecule has 192 valence electrons. The maximum Gasteiger partial charge on any atom is 0.272 e. The van der Waals surface area contributed by atoms with E-state index in [1.165, 1.54) is 0 Å². The van der Waals surface area contributed by atoms with E-state index < -0.39 is 0 Å². The van der Waals surface area contributed by atoms with Crippen molar-refractivity contribution in [1.82, 2.24) is 15.2 Å². The average molecular weight is 502 g/mol. The number of aromatic nitrogens is 1. The van der Waals surface area contributed by atoms with Crippen molar-refractivity contribution in [1.29, 1.82) is 5.26 Å². The standard InChI is InChI=1S/C28H31N5O4/c1-19-3-4-20(11-26(19)33(34)35)14-31-27-8-10-32(16-28(27)17-37-18-28)9-7-23-21(13-29)15-30-25-6-5-22(36-2)12-24(23)25/h3-6,11-12,15,27,31H,7-10,14,16-18H2,1-2H3. The number of hydrogen-bond acceptors (Lipinski definition) is 8. The highest BCUT2D eigenvalue weighted by Crippen LogP contribution is 2.38. The Morgan fingerprint density at radius 1 is 1.32 bits per heavy atom. The lowest BCUT2D eigenvalue weighted by Crippen LogP contribution is -2.65. The number of fused-ring (bicyclic) bond motifs is 1. The van der Waals surface area contributed by atoms with Crippen LogP contribution in [0.4, 0.5) is 5.69 Å². The van der Waals surface area contributed by atoms with Crippen molar-refractivity contribution in [3.8, 4) is 11.8 Å². The minimum absolute atomic E-state index is 0.0243. The lowest BCUT2D eigenvalue weighted by molar-refractivity contribution is -0.385. The maximum absolute atomic E-state index is 11.3. The van der Waals surface area contributed by atoms with E-state index in [4.69, 9.17) is 9.47 Å². The SMILES string of the molecule is COc1ccc2ncc(C#N)c(CCN3CCC(NCc4ccc(C)c([N+](=O)[O-])c4)C4(COC4)C3)c2c1. The molecule has 2 saturated heterocycles. The molecule has 0 amide bonds. The maximum atomic E-state index is 11.3. The summed E-state index contributed by atoms with van der Waals surface area (Å²) >= 11 is 0. The number of aryl methyl sites for hydroxylation is 1. The quantitative estimate of drug-likeness (QED) is 0.367. The number of hydrogen-bond donors (Lipinski definition) is 1. The van der Waals surface area contributed by atoms with Gasteiger partial charge in [-0.3, -0.25) is 15.1 Å². The highest BCUT2D eigenvalue weighted by atomic mass is 16.6. The fourth-order valence-electron chi connectivity index (χ4n) is 5.61. The zero-order valence-corrected chi connectivity index (χ0v) is 21.2. The number of rotatable bonds is 8. The molecule has 5 rings (SSSR count). The van der Waals surface area contributed by atoms with Crippen LogP contribution in [0.15, 0.2) is 42.6 Å². The number of nitrogens with zero attached hydrogens (tertiary/aromatic N) is 4. The minimum Gasteiger partial charge on any atom is -0.497 e. The summed E-state index contributed by atoms with van der Waals surface area (Å²) in [5, 5.41) is 25.7. The minimum atomic E-state index is -0.321. The first-order valence-electron chi connectivity index (χ1n) is 12.6. The number of nitriles is 1. The van der Waals surface area contributed by atoms with E-state index in [1.54, 1.807) is 26.3 Å². The van der Waals surface area contributed by atoms with Gasteiger partial charge in [-0.25, -0.2) is 0 Å². The highest BCUT2D eigenvalue weighted by Gasteiger charge is 2.48. The molecule has 3 heterocycles. The molecule has 1 atom stereocenters. The van der Waals surface area contributed by atoms with Crippen LogP contribution < -0.4 is 10.1 Å². The molecule has 2 fully saturated rings. The molecule has 2 aliphatic rings. The highest BCUT2D eigenvalue weighted by molar-refractivity contribution is 5.85. The third kappa shape index (κ3) is 5.01. The van der Waals surface area contributed by atoms with Crippen molar-refractivity contribution in [2.75, 3.05) is 40.0 Å². The van der Waals surface area contributed by atoms with E-state index in [1.807, 2.05) is 30.3 Å². The number of pyridine rings is 1. The smallest absolute Gasteiger partial charge is 0.272 e. The number of likely N-dealkylation sites (tertiary alicyclic amines) is 1. The molecular formula is C28H31N5O4. The second-order valence-electron chi connectivity index (χ2n) is 10.1. The van der Waals surface area contributed by atoms with E-state index >= 15 is 0 Å². The van der Waals surface area contributed by atoms with E-state index in [-0.39, 0.29) is 22.1 Å². The van der Waals surface area contributed by atoms with Crippen molar-refractivity contribution in [2.45, 2.75) is 32.4 Å². The molecule has 9 heteroatoms. The van der Waals surface area contributed by atoms with Crippen LogP contribution >= 0.6 is 0 Å². The summed E-state index contributed by atoms with van der Waals surface area (Å²) in [5.74, 6) is 0.752. The normalized spacial score (nSPS) is 18.9. The van der Waals surface area contributed by atoms with Crippen LogP contribution in [0.1, 0.15) is 28.7 Å². The fourth-order valence-corrected chi connectivity index (χ4v) is 5.61. The zero-order chi connectivity index (χ0) is 26.0. The Hall–Kier alpha value is -3.58. The van der Waals surface area contributed by atoms with E-state index in [9.17, 15) is 15.4 Å². The largest absolute Gasteiger partial charge is 0.497 e. The van der Waals surface area contributed by atoms with Gasteiger partial charge >= 0.3 is 0 Å². The molecule has 1 N–H and O–H groups in total. The molecule has 2 aromatic carbocycles. The van der Waals surface area contributed by atoms with Crippen LogP contribution in [-0.4, -0.2) is 60.8 Å². The van der Waals surface area contributed by atoms with Gasteiger partial charge in [0, 0.05) is 54.3 Å².